The molecule has 1 unspecified atom stereocenters. The van der Waals surface area contributed by atoms with Crippen LogP contribution in [0.4, 0.5) is 5.82 Å². The van der Waals surface area contributed by atoms with Gasteiger partial charge in [-0.3, -0.25) is 9.69 Å². The largest absolute Gasteiger partial charge is 0.300 e. The van der Waals surface area contributed by atoms with Crippen LogP contribution < -0.4 is 4.90 Å². The molecule has 0 bridgehead atoms. The first kappa shape index (κ1) is 11.5. The highest BCUT2D eigenvalue weighted by Gasteiger charge is 2.29. The van der Waals surface area contributed by atoms with Crippen LogP contribution in [0.1, 0.15) is 17.7 Å². The number of hydrogen-bond donors (Lipinski definition) is 0. The Hall–Kier alpha value is -2.01. The molecule has 0 spiro atoms. The summed E-state index contributed by atoms with van der Waals surface area (Å²) in [5, 5.41) is 7.92. The van der Waals surface area contributed by atoms with Crippen molar-refractivity contribution in [3.63, 3.8) is 0 Å². The number of likely N-dealkylation sites (N-methyl/N-ethyl adjacent to an activating group) is 1. The first-order valence-corrected chi connectivity index (χ1v) is 5.42. The van der Waals surface area contributed by atoms with E-state index < -0.39 is 6.04 Å². The number of azide groups is 1. The number of aryl methyl sites for hydroxylation is 2. The number of nitrogens with zero attached hydrogens (tertiary/aromatic N) is 6. The molecule has 1 amide bonds. The Balaban J connectivity index is 2.46. The van der Waals surface area contributed by atoms with Gasteiger partial charge in [-0.25, -0.2) is 4.68 Å². The van der Waals surface area contributed by atoms with Crippen LogP contribution in [-0.2, 0) is 11.3 Å². The maximum Gasteiger partial charge on any atom is 0.236 e. The topological polar surface area (TPSA) is 86.9 Å². The Bertz CT molecular complexity index is 513. The fraction of sp³-hybridized carbons (Fsp3) is 0.600. The third kappa shape index (κ3) is 1.74. The molecule has 0 radical (unpaired) electrons. The van der Waals surface area contributed by atoms with Crippen LogP contribution in [0.3, 0.4) is 0 Å². The van der Waals surface area contributed by atoms with Crippen LogP contribution in [0, 0.1) is 13.8 Å². The van der Waals surface area contributed by atoms with Crippen molar-refractivity contribution in [1.82, 2.24) is 9.78 Å². The molecule has 1 aromatic rings. The van der Waals surface area contributed by atoms with Gasteiger partial charge in [-0.05, 0) is 25.8 Å². The van der Waals surface area contributed by atoms with Crippen molar-refractivity contribution < 1.29 is 4.79 Å². The van der Waals surface area contributed by atoms with E-state index in [4.69, 9.17) is 5.53 Å². The third-order valence-corrected chi connectivity index (χ3v) is 3.13. The lowest BCUT2D eigenvalue weighted by atomic mass is 10.2. The molecule has 0 fully saturated rings. The second-order valence-electron chi connectivity index (χ2n) is 4.16. The summed E-state index contributed by atoms with van der Waals surface area (Å²) in [5.41, 5.74) is 10.4. The van der Waals surface area contributed by atoms with Crippen molar-refractivity contribution >= 4 is 11.7 Å². The number of hydrogen-bond acceptors (Lipinski definition) is 3. The monoisotopic (exact) mass is 234 g/mol. The van der Waals surface area contributed by atoms with Gasteiger partial charge < -0.3 is 0 Å². The normalized spacial score (nSPS) is 19.6. The van der Waals surface area contributed by atoms with E-state index in [0.717, 1.165) is 17.1 Å². The van der Waals surface area contributed by atoms with E-state index in [1.807, 2.05) is 13.8 Å². The second-order valence-corrected chi connectivity index (χ2v) is 4.16. The van der Waals surface area contributed by atoms with Crippen LogP contribution >= 0.6 is 0 Å². The first-order valence-electron chi connectivity index (χ1n) is 5.42. The summed E-state index contributed by atoms with van der Waals surface area (Å²) < 4.78 is 1.80. The molecular formula is C10H14N6O. The summed E-state index contributed by atoms with van der Waals surface area (Å²) in [5.74, 6) is 0.618. The minimum Gasteiger partial charge on any atom is -0.300 e. The van der Waals surface area contributed by atoms with Crippen LogP contribution in [0.5, 0.6) is 0 Å². The zero-order valence-electron chi connectivity index (χ0n) is 10.1. The molecule has 7 heteroatoms. The van der Waals surface area contributed by atoms with Crippen molar-refractivity contribution in [3.05, 3.63) is 21.7 Å². The average Bonchev–Trinajstić information content (AvgIpc) is 2.52. The maximum atomic E-state index is 12.1. The number of fused-ring (bicyclic) bond motifs is 1. The lowest BCUT2D eigenvalue weighted by molar-refractivity contribution is -0.119. The molecular weight excluding hydrogens is 220 g/mol. The number of aromatic nitrogens is 2. The van der Waals surface area contributed by atoms with Gasteiger partial charge in [0.1, 0.15) is 11.9 Å². The molecule has 1 aliphatic rings. The van der Waals surface area contributed by atoms with E-state index in [1.54, 1.807) is 11.7 Å². The maximum absolute atomic E-state index is 12.1. The Morgan fingerprint density at radius 1 is 1.53 bits per heavy atom. The standard InChI is InChI=1S/C10H14N6O/c1-6-7(2)13-16-5-4-8(12-14-11)10(17)15(3)9(6)16/h8H,4-5H2,1-3H3. The fourth-order valence-electron chi connectivity index (χ4n) is 2.10. The molecule has 2 heterocycles. The molecule has 1 atom stereocenters. The molecule has 0 aliphatic carbocycles. The van der Waals surface area contributed by atoms with Gasteiger partial charge in [0.25, 0.3) is 0 Å². The lowest BCUT2D eigenvalue weighted by Gasteiger charge is -2.17. The first-order chi connectivity index (χ1) is 8.06. The van der Waals surface area contributed by atoms with Gasteiger partial charge in [0.05, 0.1) is 5.69 Å². The van der Waals surface area contributed by atoms with E-state index in [-0.39, 0.29) is 5.91 Å². The highest BCUT2D eigenvalue weighted by atomic mass is 16.2. The summed E-state index contributed by atoms with van der Waals surface area (Å²) >= 11 is 0. The predicted molar refractivity (Wildman–Crippen MR) is 62.7 cm³/mol. The summed E-state index contributed by atoms with van der Waals surface area (Å²) in [6, 6.07) is -0.633. The molecule has 7 nitrogen and oxygen atoms in total. The average molecular weight is 234 g/mol. The molecule has 0 saturated carbocycles. The highest BCUT2D eigenvalue weighted by molar-refractivity contribution is 5.97. The van der Waals surface area contributed by atoms with Gasteiger partial charge in [-0.1, -0.05) is 5.11 Å². The van der Waals surface area contributed by atoms with Crippen molar-refractivity contribution in [2.75, 3.05) is 11.9 Å². The van der Waals surface area contributed by atoms with Crippen molar-refractivity contribution in [1.29, 1.82) is 0 Å². The lowest BCUT2D eigenvalue weighted by Crippen LogP contribution is -2.34. The molecule has 1 aliphatic heterocycles. The van der Waals surface area contributed by atoms with Crippen LogP contribution in [-0.4, -0.2) is 28.8 Å². The van der Waals surface area contributed by atoms with E-state index in [1.165, 1.54) is 4.90 Å². The number of rotatable bonds is 1. The number of carbonyl (C=O) groups is 1. The fourth-order valence-corrected chi connectivity index (χ4v) is 2.10. The summed E-state index contributed by atoms with van der Waals surface area (Å²) in [6.07, 6.45) is 0.487. The molecule has 90 valence electrons. The molecule has 2 rings (SSSR count). The molecule has 0 aromatic carbocycles. The van der Waals surface area contributed by atoms with E-state index in [9.17, 15) is 4.79 Å². The van der Waals surface area contributed by atoms with Gasteiger partial charge in [0.2, 0.25) is 5.91 Å². The number of amides is 1. The number of anilines is 1. The van der Waals surface area contributed by atoms with Crippen LogP contribution in [0.25, 0.3) is 10.4 Å². The highest BCUT2D eigenvalue weighted by Crippen LogP contribution is 2.26. The zero-order valence-corrected chi connectivity index (χ0v) is 10.1. The number of carbonyl (C=O) groups excluding carboxylic acids is 1. The Labute approximate surface area is 98.6 Å². The molecule has 17 heavy (non-hydrogen) atoms. The van der Waals surface area contributed by atoms with Gasteiger partial charge in [0, 0.05) is 24.1 Å². The smallest absolute Gasteiger partial charge is 0.236 e. The molecule has 1 aromatic heterocycles. The Kier molecular flexibility index (Phi) is 2.77. The minimum atomic E-state index is -0.633. The summed E-state index contributed by atoms with van der Waals surface area (Å²) in [4.78, 5) is 16.3. The van der Waals surface area contributed by atoms with Crippen molar-refractivity contribution in [3.8, 4) is 0 Å². The van der Waals surface area contributed by atoms with Gasteiger partial charge >= 0.3 is 0 Å². The molecule has 0 saturated heterocycles. The van der Waals surface area contributed by atoms with Crippen LogP contribution in [0.15, 0.2) is 5.11 Å². The SMILES string of the molecule is Cc1nn2c(c1C)N(C)C(=O)C(N=[N+]=[N-])CC2. The van der Waals surface area contributed by atoms with E-state index >= 15 is 0 Å². The van der Waals surface area contributed by atoms with Crippen LogP contribution in [0.2, 0.25) is 0 Å². The van der Waals surface area contributed by atoms with Gasteiger partial charge in [0.15, 0.2) is 0 Å². The Morgan fingerprint density at radius 3 is 2.88 bits per heavy atom. The second kappa shape index (κ2) is 4.10. The third-order valence-electron chi connectivity index (χ3n) is 3.13. The van der Waals surface area contributed by atoms with Crippen molar-refractivity contribution in [2.24, 2.45) is 5.11 Å². The van der Waals surface area contributed by atoms with E-state index in [0.29, 0.717) is 13.0 Å². The zero-order chi connectivity index (χ0) is 12.6. The van der Waals surface area contributed by atoms with Crippen molar-refractivity contribution in [2.45, 2.75) is 32.9 Å². The molecule has 0 N–H and O–H groups in total. The van der Waals surface area contributed by atoms with E-state index in [2.05, 4.69) is 15.1 Å². The summed E-state index contributed by atoms with van der Waals surface area (Å²) in [7, 11) is 1.69. The predicted octanol–water partition coefficient (Wildman–Crippen LogP) is 1.55. The summed E-state index contributed by atoms with van der Waals surface area (Å²) in [6.45, 7) is 4.44. The van der Waals surface area contributed by atoms with Gasteiger partial charge in [-0.2, -0.15) is 5.10 Å². The quantitative estimate of drug-likeness (QED) is 0.419. The van der Waals surface area contributed by atoms with Gasteiger partial charge in [-0.15, -0.1) is 0 Å². The minimum absolute atomic E-state index is 0.176. The Morgan fingerprint density at radius 2 is 2.24 bits per heavy atom.